The molecule has 4 heteroatoms. The Morgan fingerprint density at radius 1 is 1.11 bits per heavy atom. The average Bonchev–Trinajstić information content (AvgIpc) is 2.40. The number of rotatable bonds is 5. The highest BCUT2D eigenvalue weighted by Crippen LogP contribution is 2.18. The molecule has 0 fully saturated rings. The summed E-state index contributed by atoms with van der Waals surface area (Å²) in [7, 11) is 0. The zero-order valence-electron chi connectivity index (χ0n) is 10.1. The van der Waals surface area contributed by atoms with E-state index in [0.29, 0.717) is 16.7 Å². The first-order chi connectivity index (χ1) is 8.75. The van der Waals surface area contributed by atoms with Crippen LogP contribution in [0.25, 0.3) is 0 Å². The minimum Gasteiger partial charge on any atom is -0.396 e. The lowest BCUT2D eigenvalue weighted by Crippen LogP contribution is -2.07. The van der Waals surface area contributed by atoms with Gasteiger partial charge in [-0.15, -0.1) is 0 Å². The van der Waals surface area contributed by atoms with E-state index < -0.39 is 0 Å². The van der Waals surface area contributed by atoms with Crippen LogP contribution in [0, 0.1) is 0 Å². The highest BCUT2D eigenvalue weighted by atomic mass is 35.5. The Labute approximate surface area is 112 Å². The standard InChI is InChI=1S/C14H16ClN3/c15-13-9-8-12(16)14(18-13)17-10-4-7-11-5-2-1-3-6-11/h1-3,5-6,8-9H,4,7,10,16H2,(H,17,18). The van der Waals surface area contributed by atoms with Crippen molar-refractivity contribution in [3.8, 4) is 0 Å². The maximum atomic E-state index is 5.82. The smallest absolute Gasteiger partial charge is 0.150 e. The molecule has 2 aromatic rings. The number of nitrogens with zero attached hydrogens (tertiary/aromatic N) is 1. The van der Waals surface area contributed by atoms with Gasteiger partial charge in [-0.1, -0.05) is 41.9 Å². The largest absolute Gasteiger partial charge is 0.396 e. The van der Waals surface area contributed by atoms with E-state index in [0.717, 1.165) is 19.4 Å². The molecule has 0 radical (unpaired) electrons. The van der Waals surface area contributed by atoms with Gasteiger partial charge in [0.25, 0.3) is 0 Å². The Morgan fingerprint density at radius 2 is 1.89 bits per heavy atom. The number of hydrogen-bond donors (Lipinski definition) is 2. The maximum Gasteiger partial charge on any atom is 0.150 e. The molecule has 1 heterocycles. The molecule has 0 bridgehead atoms. The highest BCUT2D eigenvalue weighted by Gasteiger charge is 2.01. The quantitative estimate of drug-likeness (QED) is 0.641. The molecule has 0 aliphatic carbocycles. The van der Waals surface area contributed by atoms with Crippen LogP contribution in [-0.4, -0.2) is 11.5 Å². The number of aromatic nitrogens is 1. The van der Waals surface area contributed by atoms with Gasteiger partial charge in [-0.05, 0) is 30.5 Å². The van der Waals surface area contributed by atoms with Gasteiger partial charge >= 0.3 is 0 Å². The Hall–Kier alpha value is -1.74. The molecule has 0 amide bonds. The fourth-order valence-electron chi connectivity index (χ4n) is 1.73. The van der Waals surface area contributed by atoms with Crippen LogP contribution < -0.4 is 11.1 Å². The van der Waals surface area contributed by atoms with Gasteiger partial charge in [-0.3, -0.25) is 0 Å². The summed E-state index contributed by atoms with van der Waals surface area (Å²) in [6.07, 6.45) is 2.06. The minimum atomic E-state index is 0.453. The summed E-state index contributed by atoms with van der Waals surface area (Å²) >= 11 is 5.82. The summed E-state index contributed by atoms with van der Waals surface area (Å²) < 4.78 is 0. The molecule has 0 aliphatic heterocycles. The average molecular weight is 262 g/mol. The second-order valence-corrected chi connectivity index (χ2v) is 4.47. The van der Waals surface area contributed by atoms with Crippen molar-refractivity contribution in [2.24, 2.45) is 0 Å². The second kappa shape index (κ2) is 6.26. The topological polar surface area (TPSA) is 50.9 Å². The first-order valence-corrected chi connectivity index (χ1v) is 6.33. The summed E-state index contributed by atoms with van der Waals surface area (Å²) in [4.78, 5) is 4.15. The van der Waals surface area contributed by atoms with E-state index in [9.17, 15) is 0 Å². The molecule has 0 aliphatic rings. The van der Waals surface area contributed by atoms with Gasteiger partial charge in [0.1, 0.15) is 5.15 Å². The fraction of sp³-hybridized carbons (Fsp3) is 0.214. The Bertz CT molecular complexity index is 500. The number of benzene rings is 1. The summed E-state index contributed by atoms with van der Waals surface area (Å²) in [5, 5.41) is 3.66. The number of hydrogen-bond acceptors (Lipinski definition) is 3. The molecule has 1 aromatic carbocycles. The van der Waals surface area contributed by atoms with Gasteiger partial charge in [-0.2, -0.15) is 0 Å². The number of aryl methyl sites for hydroxylation is 1. The van der Waals surface area contributed by atoms with Crippen LogP contribution in [0.3, 0.4) is 0 Å². The molecule has 3 nitrogen and oxygen atoms in total. The third kappa shape index (κ3) is 3.64. The molecule has 0 spiro atoms. The molecule has 2 rings (SSSR count). The van der Waals surface area contributed by atoms with Crippen molar-refractivity contribution in [1.82, 2.24) is 4.98 Å². The van der Waals surface area contributed by atoms with E-state index in [2.05, 4.69) is 34.6 Å². The molecular formula is C14H16ClN3. The van der Waals surface area contributed by atoms with Crippen molar-refractivity contribution in [2.45, 2.75) is 12.8 Å². The van der Waals surface area contributed by atoms with Crippen LogP contribution in [0.2, 0.25) is 5.15 Å². The molecule has 1 aromatic heterocycles. The fourth-order valence-corrected chi connectivity index (χ4v) is 1.88. The van der Waals surface area contributed by atoms with E-state index >= 15 is 0 Å². The van der Waals surface area contributed by atoms with Crippen LogP contribution in [-0.2, 0) is 6.42 Å². The van der Waals surface area contributed by atoms with Gasteiger partial charge in [0.15, 0.2) is 5.82 Å². The lowest BCUT2D eigenvalue weighted by molar-refractivity contribution is 0.859. The molecule has 0 atom stereocenters. The SMILES string of the molecule is Nc1ccc(Cl)nc1NCCCc1ccccc1. The van der Waals surface area contributed by atoms with Gasteiger partial charge in [0.05, 0.1) is 5.69 Å². The van der Waals surface area contributed by atoms with Crippen molar-refractivity contribution in [1.29, 1.82) is 0 Å². The number of pyridine rings is 1. The van der Waals surface area contributed by atoms with Crippen LogP contribution >= 0.6 is 11.6 Å². The Kier molecular flexibility index (Phi) is 4.42. The van der Waals surface area contributed by atoms with Crippen LogP contribution in [0.5, 0.6) is 0 Å². The first kappa shape index (κ1) is 12.7. The Morgan fingerprint density at radius 3 is 2.67 bits per heavy atom. The second-order valence-electron chi connectivity index (χ2n) is 4.09. The molecule has 0 saturated carbocycles. The molecule has 18 heavy (non-hydrogen) atoms. The van der Waals surface area contributed by atoms with Gasteiger partial charge < -0.3 is 11.1 Å². The number of nitrogens with one attached hydrogen (secondary N) is 1. The van der Waals surface area contributed by atoms with Crippen molar-refractivity contribution >= 4 is 23.1 Å². The summed E-state index contributed by atoms with van der Waals surface area (Å²) in [5.74, 6) is 0.663. The number of nitrogens with two attached hydrogens (primary N) is 1. The van der Waals surface area contributed by atoms with Crippen molar-refractivity contribution < 1.29 is 0 Å². The van der Waals surface area contributed by atoms with Crippen molar-refractivity contribution in [2.75, 3.05) is 17.6 Å². The zero-order chi connectivity index (χ0) is 12.8. The van der Waals surface area contributed by atoms with Crippen molar-refractivity contribution in [3.05, 3.63) is 53.2 Å². The maximum absolute atomic E-state index is 5.82. The monoisotopic (exact) mass is 261 g/mol. The molecule has 3 N–H and O–H groups in total. The minimum absolute atomic E-state index is 0.453. The lowest BCUT2D eigenvalue weighted by Gasteiger charge is -2.08. The predicted octanol–water partition coefficient (Wildman–Crippen LogP) is 3.36. The van der Waals surface area contributed by atoms with Gasteiger partial charge in [-0.25, -0.2) is 4.98 Å². The van der Waals surface area contributed by atoms with Crippen LogP contribution in [0.4, 0.5) is 11.5 Å². The molecular weight excluding hydrogens is 246 g/mol. The Balaban J connectivity index is 1.80. The van der Waals surface area contributed by atoms with Gasteiger partial charge in [0, 0.05) is 6.54 Å². The third-order valence-electron chi connectivity index (χ3n) is 2.67. The lowest BCUT2D eigenvalue weighted by atomic mass is 10.1. The number of nitrogen functional groups attached to an aromatic ring is 1. The third-order valence-corrected chi connectivity index (χ3v) is 2.88. The van der Waals surface area contributed by atoms with Crippen LogP contribution in [0.15, 0.2) is 42.5 Å². The summed E-state index contributed by atoms with van der Waals surface area (Å²) in [6.45, 7) is 0.826. The summed E-state index contributed by atoms with van der Waals surface area (Å²) in [5.41, 5.74) is 7.76. The molecule has 94 valence electrons. The predicted molar refractivity (Wildman–Crippen MR) is 76.9 cm³/mol. The van der Waals surface area contributed by atoms with E-state index in [1.807, 2.05) is 6.07 Å². The van der Waals surface area contributed by atoms with E-state index in [-0.39, 0.29) is 0 Å². The first-order valence-electron chi connectivity index (χ1n) is 5.95. The highest BCUT2D eigenvalue weighted by molar-refractivity contribution is 6.29. The van der Waals surface area contributed by atoms with E-state index in [1.165, 1.54) is 5.56 Å². The molecule has 0 saturated heterocycles. The van der Waals surface area contributed by atoms with E-state index in [4.69, 9.17) is 17.3 Å². The number of halogens is 1. The van der Waals surface area contributed by atoms with Crippen molar-refractivity contribution in [3.63, 3.8) is 0 Å². The number of anilines is 2. The zero-order valence-corrected chi connectivity index (χ0v) is 10.8. The van der Waals surface area contributed by atoms with Crippen LogP contribution in [0.1, 0.15) is 12.0 Å². The van der Waals surface area contributed by atoms with E-state index in [1.54, 1.807) is 12.1 Å². The van der Waals surface area contributed by atoms with Gasteiger partial charge in [0.2, 0.25) is 0 Å². The molecule has 0 unspecified atom stereocenters. The summed E-state index contributed by atoms with van der Waals surface area (Å²) in [6, 6.07) is 13.8. The normalized spacial score (nSPS) is 10.3.